The number of ether oxygens (including phenoxy) is 1. The van der Waals surface area contributed by atoms with Gasteiger partial charge in [-0.15, -0.1) is 0 Å². The highest BCUT2D eigenvalue weighted by molar-refractivity contribution is 5.62. The van der Waals surface area contributed by atoms with Gasteiger partial charge in [0.15, 0.2) is 0 Å². The molecule has 31 heavy (non-hydrogen) atoms. The number of rotatable bonds is 3. The number of halogens is 3. The Morgan fingerprint density at radius 1 is 1.10 bits per heavy atom. The second-order valence-electron chi connectivity index (χ2n) is 8.84. The molecule has 2 aromatic rings. The topological polar surface area (TPSA) is 80.1 Å². The lowest BCUT2D eigenvalue weighted by Gasteiger charge is -2.30. The molecule has 1 saturated carbocycles. The molecule has 0 amide bonds. The van der Waals surface area contributed by atoms with Crippen molar-refractivity contribution in [3.63, 3.8) is 0 Å². The van der Waals surface area contributed by atoms with Gasteiger partial charge in [0.2, 0.25) is 0 Å². The minimum absolute atomic E-state index is 0.334. The Balaban J connectivity index is 0.000000166. The van der Waals surface area contributed by atoms with Gasteiger partial charge in [-0.2, -0.15) is 13.2 Å². The van der Waals surface area contributed by atoms with E-state index in [1.165, 1.54) is 44.7 Å². The third kappa shape index (κ3) is 5.57. The Bertz CT molecular complexity index is 872. The number of nitrogens with one attached hydrogen (secondary N) is 1. The van der Waals surface area contributed by atoms with Gasteiger partial charge in [0.1, 0.15) is 11.6 Å². The molecule has 1 aliphatic carbocycles. The molecule has 0 spiro atoms. The first-order chi connectivity index (χ1) is 14.8. The molecule has 2 aromatic heterocycles. The first-order valence-electron chi connectivity index (χ1n) is 11.0. The van der Waals surface area contributed by atoms with Gasteiger partial charge in [0.25, 0.3) is 0 Å². The monoisotopic (exact) mass is 437 g/mol. The van der Waals surface area contributed by atoms with Crippen molar-refractivity contribution in [3.8, 4) is 11.3 Å². The summed E-state index contributed by atoms with van der Waals surface area (Å²) in [5.41, 5.74) is 5.20. The molecule has 3 fully saturated rings. The second-order valence-corrected chi connectivity index (χ2v) is 8.84. The molecule has 4 heterocycles. The van der Waals surface area contributed by atoms with Crippen LogP contribution in [0.3, 0.4) is 0 Å². The molecule has 2 saturated heterocycles. The molecule has 170 valence electrons. The van der Waals surface area contributed by atoms with E-state index in [1.807, 2.05) is 0 Å². The number of nitrogens with zero attached hydrogens (tertiary/aromatic N) is 3. The van der Waals surface area contributed by atoms with Gasteiger partial charge in [-0.3, -0.25) is 4.90 Å². The van der Waals surface area contributed by atoms with E-state index < -0.39 is 17.6 Å². The van der Waals surface area contributed by atoms with E-state index in [4.69, 9.17) is 10.5 Å². The number of pyridine rings is 1. The van der Waals surface area contributed by atoms with E-state index in [-0.39, 0.29) is 0 Å². The summed E-state index contributed by atoms with van der Waals surface area (Å²) >= 11 is 0. The van der Waals surface area contributed by atoms with Crippen molar-refractivity contribution in [3.05, 3.63) is 29.8 Å². The van der Waals surface area contributed by atoms with Crippen molar-refractivity contribution in [2.45, 2.75) is 57.2 Å². The summed E-state index contributed by atoms with van der Waals surface area (Å²) in [5, 5.41) is 0. The Kier molecular flexibility index (Phi) is 6.52. The number of aromatic nitrogens is 3. The molecule has 0 radical (unpaired) electrons. The van der Waals surface area contributed by atoms with Crippen LogP contribution in [0.5, 0.6) is 0 Å². The quantitative estimate of drug-likeness (QED) is 0.741. The zero-order chi connectivity index (χ0) is 22.0. The van der Waals surface area contributed by atoms with E-state index in [1.54, 1.807) is 0 Å². The maximum atomic E-state index is 12.7. The molecule has 1 unspecified atom stereocenters. The third-order valence-electron chi connectivity index (χ3n) is 6.26. The van der Waals surface area contributed by atoms with Crippen LogP contribution in [0, 0.1) is 5.92 Å². The van der Waals surface area contributed by atoms with Crippen LogP contribution in [0.4, 0.5) is 19.0 Å². The molecule has 3 N–H and O–H groups in total. The number of nitrogens with two attached hydrogens (primary N) is 1. The molecule has 0 bridgehead atoms. The molecular weight excluding hydrogens is 407 g/mol. The Hall–Kier alpha value is -2.13. The largest absolute Gasteiger partial charge is 0.419 e. The molecule has 1 atom stereocenters. The average Bonchev–Trinajstić information content (AvgIpc) is 3.31. The zero-order valence-corrected chi connectivity index (χ0v) is 17.8. The van der Waals surface area contributed by atoms with Crippen LogP contribution in [0.1, 0.15) is 56.3 Å². The van der Waals surface area contributed by atoms with Gasteiger partial charge in [-0.25, -0.2) is 9.97 Å². The van der Waals surface area contributed by atoms with Crippen LogP contribution >= 0.6 is 0 Å². The lowest BCUT2D eigenvalue weighted by atomic mass is 10.1. The summed E-state index contributed by atoms with van der Waals surface area (Å²) < 4.78 is 43.6. The summed E-state index contributed by atoms with van der Waals surface area (Å²) in [6, 6.07) is 1.83. The lowest BCUT2D eigenvalue weighted by Crippen LogP contribution is -2.37. The number of likely N-dealkylation sites (tertiary alicyclic amines) is 1. The molecule has 2 aliphatic heterocycles. The van der Waals surface area contributed by atoms with E-state index in [0.717, 1.165) is 49.9 Å². The molecule has 3 aliphatic rings. The first kappa shape index (κ1) is 22.1. The summed E-state index contributed by atoms with van der Waals surface area (Å²) in [6.07, 6.45) is 4.39. The fraction of sp³-hybridized carbons (Fsp3) is 0.636. The van der Waals surface area contributed by atoms with Gasteiger partial charge >= 0.3 is 6.18 Å². The number of hydrogen-bond donors (Lipinski definition) is 2. The minimum Gasteiger partial charge on any atom is -0.383 e. The van der Waals surface area contributed by atoms with Crippen molar-refractivity contribution in [1.82, 2.24) is 19.9 Å². The SMILES string of the molecule is CC1CCN(C2CCOCC2)C1.Nc1ncc(-c2cnc(C3CC3)[nH]2)cc1C(F)(F)F. The summed E-state index contributed by atoms with van der Waals surface area (Å²) in [7, 11) is 0. The smallest absolute Gasteiger partial charge is 0.383 e. The van der Waals surface area contributed by atoms with Crippen LogP contribution in [0.2, 0.25) is 0 Å². The number of alkyl halides is 3. The number of nitrogen functional groups attached to an aromatic ring is 1. The Morgan fingerprint density at radius 2 is 1.84 bits per heavy atom. The van der Waals surface area contributed by atoms with Crippen LogP contribution in [0.15, 0.2) is 18.5 Å². The third-order valence-corrected chi connectivity index (χ3v) is 6.26. The average molecular weight is 438 g/mol. The molecule has 0 aromatic carbocycles. The normalized spacial score (nSPS) is 22.9. The number of hydrogen-bond acceptors (Lipinski definition) is 5. The molecule has 9 heteroatoms. The highest BCUT2D eigenvalue weighted by Crippen LogP contribution is 2.39. The summed E-state index contributed by atoms with van der Waals surface area (Å²) in [5.74, 6) is 1.64. The molecule has 6 nitrogen and oxygen atoms in total. The Morgan fingerprint density at radius 3 is 2.45 bits per heavy atom. The summed E-state index contributed by atoms with van der Waals surface area (Å²) in [6.45, 7) is 6.97. The minimum atomic E-state index is -4.51. The second kappa shape index (κ2) is 9.16. The van der Waals surface area contributed by atoms with Crippen LogP contribution in [0.25, 0.3) is 11.3 Å². The lowest BCUT2D eigenvalue weighted by molar-refractivity contribution is -0.137. The van der Waals surface area contributed by atoms with E-state index >= 15 is 0 Å². The maximum Gasteiger partial charge on any atom is 0.419 e. The number of anilines is 1. The van der Waals surface area contributed by atoms with Crippen LogP contribution < -0.4 is 5.73 Å². The van der Waals surface area contributed by atoms with Crippen molar-refractivity contribution in [2.75, 3.05) is 32.0 Å². The Labute approximate surface area is 180 Å². The van der Waals surface area contributed by atoms with Crippen LogP contribution in [-0.2, 0) is 10.9 Å². The van der Waals surface area contributed by atoms with Gasteiger partial charge in [-0.1, -0.05) is 6.92 Å². The van der Waals surface area contributed by atoms with Gasteiger partial charge in [-0.05, 0) is 50.6 Å². The first-order valence-corrected chi connectivity index (χ1v) is 11.0. The van der Waals surface area contributed by atoms with Gasteiger partial charge in [0.05, 0.1) is 17.5 Å². The fourth-order valence-electron chi connectivity index (χ4n) is 4.25. The van der Waals surface area contributed by atoms with Gasteiger partial charge < -0.3 is 15.5 Å². The highest BCUT2D eigenvalue weighted by Gasteiger charge is 2.34. The molecule has 5 rings (SSSR count). The summed E-state index contributed by atoms with van der Waals surface area (Å²) in [4.78, 5) is 13.5. The predicted octanol–water partition coefficient (Wildman–Crippen LogP) is 4.46. The van der Waals surface area contributed by atoms with E-state index in [2.05, 4.69) is 26.8 Å². The van der Waals surface area contributed by atoms with E-state index in [0.29, 0.717) is 17.2 Å². The van der Waals surface area contributed by atoms with Gasteiger partial charge in [0, 0.05) is 43.5 Å². The predicted molar refractivity (Wildman–Crippen MR) is 112 cm³/mol. The number of aromatic amines is 1. The van der Waals surface area contributed by atoms with Crippen molar-refractivity contribution in [2.24, 2.45) is 5.92 Å². The number of imidazole rings is 1. The van der Waals surface area contributed by atoms with Crippen molar-refractivity contribution in [1.29, 1.82) is 0 Å². The van der Waals surface area contributed by atoms with Crippen LogP contribution in [-0.4, -0.2) is 52.2 Å². The van der Waals surface area contributed by atoms with Crippen molar-refractivity contribution < 1.29 is 17.9 Å². The van der Waals surface area contributed by atoms with E-state index in [9.17, 15) is 13.2 Å². The number of H-pyrrole nitrogens is 1. The standard InChI is InChI=1S/C12H11F3N4.C10H19NO/c13-12(14,15)8-3-7(4-17-10(8)16)9-5-18-11(19-9)6-1-2-6;1-9-2-5-11(8-9)10-3-6-12-7-4-10/h3-6H,1-2H2,(H2,16,17)(H,18,19);9-10H,2-8H2,1H3. The molecular formula is C22H30F3N5O. The fourth-order valence-corrected chi connectivity index (χ4v) is 4.25. The maximum absolute atomic E-state index is 12.7. The zero-order valence-electron chi connectivity index (χ0n) is 17.8. The highest BCUT2D eigenvalue weighted by atomic mass is 19.4. The van der Waals surface area contributed by atoms with Crippen molar-refractivity contribution >= 4 is 5.82 Å².